The summed E-state index contributed by atoms with van der Waals surface area (Å²) in [5.41, 5.74) is 0.874. The average Bonchev–Trinajstić information content (AvgIpc) is 2.42. The van der Waals surface area contributed by atoms with Crippen molar-refractivity contribution >= 4 is 12.0 Å². The van der Waals surface area contributed by atoms with E-state index >= 15 is 0 Å². The summed E-state index contributed by atoms with van der Waals surface area (Å²) in [5, 5.41) is 9.44. The first-order chi connectivity index (χ1) is 9.17. The summed E-state index contributed by atoms with van der Waals surface area (Å²) >= 11 is 0. The molecular formula is C15H20O4. The number of hydrogen-bond donors (Lipinski definition) is 1. The number of unbranched alkanes of at least 4 members (excludes halogenated alkanes) is 1. The van der Waals surface area contributed by atoms with E-state index in [0.717, 1.165) is 18.4 Å². The van der Waals surface area contributed by atoms with Crippen LogP contribution in [0.25, 0.3) is 6.08 Å². The molecule has 0 bridgehead atoms. The Labute approximate surface area is 113 Å². The first-order valence-corrected chi connectivity index (χ1v) is 6.36. The van der Waals surface area contributed by atoms with Crippen LogP contribution < -0.4 is 4.74 Å². The molecule has 0 amide bonds. The predicted octanol–water partition coefficient (Wildman–Crippen LogP) is 3.15. The molecule has 0 saturated carbocycles. The molecule has 1 aromatic rings. The van der Waals surface area contributed by atoms with Gasteiger partial charge in [-0.15, -0.1) is 0 Å². The number of carbonyl (C=O) groups excluding carboxylic acids is 1. The third-order valence-corrected chi connectivity index (χ3v) is 2.59. The topological polar surface area (TPSA) is 55.8 Å². The van der Waals surface area contributed by atoms with Gasteiger partial charge >= 0.3 is 5.97 Å². The number of phenolic OH excluding ortho intramolecular Hbond substituents is 1. The summed E-state index contributed by atoms with van der Waals surface area (Å²) in [6, 6.07) is 5.03. The summed E-state index contributed by atoms with van der Waals surface area (Å²) in [6.45, 7) is 2.29. The molecule has 0 fully saturated rings. The summed E-state index contributed by atoms with van der Waals surface area (Å²) in [5.74, 6) is 0.350. The Morgan fingerprint density at radius 1 is 1.42 bits per heavy atom. The van der Waals surface area contributed by atoms with E-state index in [1.165, 1.54) is 7.11 Å². The highest BCUT2D eigenvalue weighted by Gasteiger charge is 2.01. The Morgan fingerprint density at radius 2 is 2.21 bits per heavy atom. The van der Waals surface area contributed by atoms with Crippen LogP contribution in [-0.4, -0.2) is 24.8 Å². The molecule has 0 aromatic heterocycles. The monoisotopic (exact) mass is 264 g/mol. The lowest BCUT2D eigenvalue weighted by Gasteiger charge is -2.04. The van der Waals surface area contributed by atoms with Gasteiger partial charge in [0.2, 0.25) is 0 Å². The van der Waals surface area contributed by atoms with Crippen molar-refractivity contribution in [3.8, 4) is 11.5 Å². The van der Waals surface area contributed by atoms with Crippen molar-refractivity contribution in [3.05, 3.63) is 29.8 Å². The molecular weight excluding hydrogens is 244 g/mol. The first kappa shape index (κ1) is 15.1. The third-order valence-electron chi connectivity index (χ3n) is 2.59. The number of rotatable bonds is 7. The second kappa shape index (κ2) is 8.19. The van der Waals surface area contributed by atoms with Crippen molar-refractivity contribution in [1.82, 2.24) is 0 Å². The molecule has 1 aromatic carbocycles. The highest BCUT2D eigenvalue weighted by molar-refractivity contribution is 5.69. The molecule has 4 nitrogen and oxygen atoms in total. The van der Waals surface area contributed by atoms with Crippen LogP contribution in [0.5, 0.6) is 11.5 Å². The van der Waals surface area contributed by atoms with E-state index in [9.17, 15) is 9.90 Å². The quantitative estimate of drug-likeness (QED) is 0.769. The van der Waals surface area contributed by atoms with E-state index in [1.807, 2.05) is 13.0 Å². The maximum absolute atomic E-state index is 11.2. The SMILES string of the molecule is CCCCC(=O)OC/C=C/c1ccc(O)c(OC)c1. The molecule has 0 saturated heterocycles. The lowest BCUT2D eigenvalue weighted by molar-refractivity contribution is -0.142. The van der Waals surface area contributed by atoms with Gasteiger partial charge in [0.05, 0.1) is 7.11 Å². The van der Waals surface area contributed by atoms with Gasteiger partial charge in [0.1, 0.15) is 6.61 Å². The Hall–Kier alpha value is -1.97. The number of methoxy groups -OCH3 is 1. The minimum absolute atomic E-state index is 0.102. The fourth-order valence-electron chi connectivity index (χ4n) is 1.52. The molecule has 1 rings (SSSR count). The standard InChI is InChI=1S/C15H20O4/c1-3-4-7-15(17)19-10-5-6-12-8-9-13(16)14(11-12)18-2/h5-6,8-9,11,16H,3-4,7,10H2,1-2H3/b6-5+. The van der Waals surface area contributed by atoms with Crippen LogP contribution in [0.4, 0.5) is 0 Å². The highest BCUT2D eigenvalue weighted by Crippen LogP contribution is 2.26. The molecule has 0 radical (unpaired) electrons. The van der Waals surface area contributed by atoms with Crippen LogP contribution in [0.3, 0.4) is 0 Å². The minimum Gasteiger partial charge on any atom is -0.504 e. The van der Waals surface area contributed by atoms with Gasteiger partial charge in [-0.3, -0.25) is 4.79 Å². The molecule has 0 unspecified atom stereocenters. The zero-order chi connectivity index (χ0) is 14.1. The van der Waals surface area contributed by atoms with E-state index in [1.54, 1.807) is 24.3 Å². The zero-order valence-electron chi connectivity index (χ0n) is 11.4. The van der Waals surface area contributed by atoms with E-state index in [4.69, 9.17) is 9.47 Å². The number of ether oxygens (including phenoxy) is 2. The third kappa shape index (κ3) is 5.46. The Morgan fingerprint density at radius 3 is 2.89 bits per heavy atom. The molecule has 0 spiro atoms. The summed E-state index contributed by atoms with van der Waals surface area (Å²) in [4.78, 5) is 11.2. The Bertz CT molecular complexity index is 438. The number of phenols is 1. The fourth-order valence-corrected chi connectivity index (χ4v) is 1.52. The first-order valence-electron chi connectivity index (χ1n) is 6.36. The largest absolute Gasteiger partial charge is 0.504 e. The molecule has 0 aliphatic carbocycles. The van der Waals surface area contributed by atoms with E-state index in [-0.39, 0.29) is 18.3 Å². The number of carbonyl (C=O) groups is 1. The van der Waals surface area contributed by atoms with Crippen LogP contribution in [0.15, 0.2) is 24.3 Å². The van der Waals surface area contributed by atoms with E-state index in [0.29, 0.717) is 12.2 Å². The van der Waals surface area contributed by atoms with Gasteiger partial charge in [0.25, 0.3) is 0 Å². The van der Waals surface area contributed by atoms with Gasteiger partial charge in [-0.1, -0.05) is 25.5 Å². The van der Waals surface area contributed by atoms with Crippen molar-refractivity contribution in [1.29, 1.82) is 0 Å². The van der Waals surface area contributed by atoms with Crippen LogP contribution in [-0.2, 0) is 9.53 Å². The van der Waals surface area contributed by atoms with Gasteiger partial charge in [-0.25, -0.2) is 0 Å². The minimum atomic E-state index is -0.171. The Balaban J connectivity index is 2.42. The van der Waals surface area contributed by atoms with Gasteiger partial charge in [-0.2, -0.15) is 0 Å². The van der Waals surface area contributed by atoms with Gasteiger partial charge < -0.3 is 14.6 Å². The molecule has 0 aliphatic rings. The van der Waals surface area contributed by atoms with Gasteiger partial charge in [0, 0.05) is 6.42 Å². The summed E-state index contributed by atoms with van der Waals surface area (Å²) in [6.07, 6.45) is 5.89. The number of hydrogen-bond acceptors (Lipinski definition) is 4. The lowest BCUT2D eigenvalue weighted by atomic mass is 10.2. The maximum atomic E-state index is 11.2. The van der Waals surface area contributed by atoms with Crippen molar-refractivity contribution in [3.63, 3.8) is 0 Å². The van der Waals surface area contributed by atoms with Crippen molar-refractivity contribution in [2.24, 2.45) is 0 Å². The van der Waals surface area contributed by atoms with Crippen molar-refractivity contribution < 1.29 is 19.4 Å². The maximum Gasteiger partial charge on any atom is 0.306 e. The molecule has 4 heteroatoms. The molecule has 1 N–H and O–H groups in total. The van der Waals surface area contributed by atoms with E-state index < -0.39 is 0 Å². The number of benzene rings is 1. The molecule has 19 heavy (non-hydrogen) atoms. The van der Waals surface area contributed by atoms with Crippen molar-refractivity contribution in [2.75, 3.05) is 13.7 Å². The summed E-state index contributed by atoms with van der Waals surface area (Å²) < 4.78 is 10.0. The second-order valence-corrected chi connectivity index (χ2v) is 4.12. The Kier molecular flexibility index (Phi) is 6.50. The molecule has 104 valence electrons. The lowest BCUT2D eigenvalue weighted by Crippen LogP contribution is -2.03. The molecule has 0 heterocycles. The number of aromatic hydroxyl groups is 1. The molecule has 0 aliphatic heterocycles. The fraction of sp³-hybridized carbons (Fsp3) is 0.400. The van der Waals surface area contributed by atoms with Crippen LogP contribution in [0.1, 0.15) is 31.7 Å². The van der Waals surface area contributed by atoms with E-state index in [2.05, 4.69) is 0 Å². The van der Waals surface area contributed by atoms with Crippen molar-refractivity contribution in [2.45, 2.75) is 26.2 Å². The van der Waals surface area contributed by atoms with Gasteiger partial charge in [0.15, 0.2) is 11.5 Å². The molecule has 0 atom stereocenters. The average molecular weight is 264 g/mol. The highest BCUT2D eigenvalue weighted by atomic mass is 16.5. The summed E-state index contributed by atoms with van der Waals surface area (Å²) in [7, 11) is 1.50. The zero-order valence-corrected chi connectivity index (χ0v) is 11.4. The van der Waals surface area contributed by atoms with Gasteiger partial charge in [-0.05, 0) is 30.2 Å². The van der Waals surface area contributed by atoms with Crippen LogP contribution >= 0.6 is 0 Å². The predicted molar refractivity (Wildman–Crippen MR) is 74.2 cm³/mol. The number of esters is 1. The smallest absolute Gasteiger partial charge is 0.306 e. The normalized spacial score (nSPS) is 10.6. The second-order valence-electron chi connectivity index (χ2n) is 4.12. The van der Waals surface area contributed by atoms with Crippen LogP contribution in [0, 0.1) is 0 Å². The van der Waals surface area contributed by atoms with Crippen LogP contribution in [0.2, 0.25) is 0 Å².